The molecule has 3 amide bonds. The Morgan fingerprint density at radius 1 is 1.13 bits per heavy atom. The molecule has 1 aliphatic heterocycles. The number of hydrogen-bond acceptors (Lipinski definition) is 9. The standard InChI is InChI=1S/C22H30N4O10S2/c1-13-10-15(7-8-17(13)26(37(3,33)34)38(4,35)36)20(30)23-14(2)22(32)25-9-5-6-18(25)21(31)24-16(12-27)11-19(28)29/h7-8,10,12,14,16,18H,5-6,9,11H2,1-4H3,(H,23,30)(H,24,31)(H,28,29)/t14-,16-,18-/m0/s1. The van der Waals surface area contributed by atoms with Crippen molar-refractivity contribution in [2.75, 3.05) is 22.8 Å². The van der Waals surface area contributed by atoms with Crippen LogP contribution in [0.5, 0.6) is 0 Å². The summed E-state index contributed by atoms with van der Waals surface area (Å²) < 4.78 is 48.4. The predicted octanol–water partition coefficient (Wildman–Crippen LogP) is -1.01. The first-order chi connectivity index (χ1) is 17.5. The molecule has 0 unspecified atom stereocenters. The van der Waals surface area contributed by atoms with Crippen molar-refractivity contribution in [1.82, 2.24) is 15.5 Å². The van der Waals surface area contributed by atoms with E-state index in [9.17, 15) is 40.8 Å². The third-order valence-corrected chi connectivity index (χ3v) is 8.92. The summed E-state index contributed by atoms with van der Waals surface area (Å²) in [5.74, 6) is -3.24. The van der Waals surface area contributed by atoms with Crippen LogP contribution in [0.1, 0.15) is 42.1 Å². The maximum atomic E-state index is 13.0. The van der Waals surface area contributed by atoms with Gasteiger partial charge < -0.3 is 25.4 Å². The lowest BCUT2D eigenvalue weighted by Crippen LogP contribution is -2.54. The number of aldehydes is 1. The van der Waals surface area contributed by atoms with E-state index in [4.69, 9.17) is 5.11 Å². The van der Waals surface area contributed by atoms with Gasteiger partial charge in [-0.3, -0.25) is 19.2 Å². The Morgan fingerprint density at radius 3 is 2.24 bits per heavy atom. The molecular weight excluding hydrogens is 544 g/mol. The molecule has 38 heavy (non-hydrogen) atoms. The van der Waals surface area contributed by atoms with E-state index in [0.717, 1.165) is 12.5 Å². The SMILES string of the molecule is Cc1cc(C(=O)N[C@@H](C)C(=O)N2CCC[C@H]2C(=O)N[C@H](C=O)CC(=O)O)ccc1N(S(C)(=O)=O)S(C)(=O)=O. The van der Waals surface area contributed by atoms with Crippen molar-refractivity contribution in [3.8, 4) is 0 Å². The number of rotatable bonds is 11. The molecule has 210 valence electrons. The van der Waals surface area contributed by atoms with Gasteiger partial charge in [-0.2, -0.15) is 3.71 Å². The van der Waals surface area contributed by atoms with Gasteiger partial charge in [-0.05, 0) is 50.5 Å². The number of nitrogens with zero attached hydrogens (tertiary/aromatic N) is 2. The van der Waals surface area contributed by atoms with E-state index in [0.29, 0.717) is 12.7 Å². The van der Waals surface area contributed by atoms with Gasteiger partial charge in [-0.15, -0.1) is 0 Å². The molecule has 2 rings (SSSR count). The van der Waals surface area contributed by atoms with Crippen LogP contribution >= 0.6 is 0 Å². The highest BCUT2D eigenvalue weighted by molar-refractivity contribution is 8.09. The van der Waals surface area contributed by atoms with Crippen molar-refractivity contribution >= 4 is 55.7 Å². The summed E-state index contributed by atoms with van der Waals surface area (Å²) in [5, 5.41) is 13.7. The smallest absolute Gasteiger partial charge is 0.305 e. The second kappa shape index (κ2) is 11.9. The van der Waals surface area contributed by atoms with Crippen molar-refractivity contribution in [2.45, 2.75) is 51.2 Å². The number of carbonyl (C=O) groups excluding carboxylic acids is 4. The highest BCUT2D eigenvalue weighted by Gasteiger charge is 2.37. The highest BCUT2D eigenvalue weighted by Crippen LogP contribution is 2.26. The number of carbonyl (C=O) groups is 5. The molecular formula is C22H30N4O10S2. The van der Waals surface area contributed by atoms with Crippen LogP contribution in [0, 0.1) is 6.92 Å². The van der Waals surface area contributed by atoms with Gasteiger partial charge in [0.15, 0.2) is 0 Å². The molecule has 1 aromatic carbocycles. The van der Waals surface area contributed by atoms with Crippen LogP contribution in [-0.2, 0) is 39.2 Å². The summed E-state index contributed by atoms with van der Waals surface area (Å²) in [6.07, 6.45) is 1.93. The molecule has 0 saturated carbocycles. The number of carboxylic acids is 1. The van der Waals surface area contributed by atoms with Crippen molar-refractivity contribution < 1.29 is 45.9 Å². The fraction of sp³-hybridized carbons (Fsp3) is 0.500. The molecule has 1 heterocycles. The van der Waals surface area contributed by atoms with Gasteiger partial charge in [0.25, 0.3) is 5.91 Å². The zero-order valence-electron chi connectivity index (χ0n) is 21.2. The fourth-order valence-corrected chi connectivity index (χ4v) is 7.19. The highest BCUT2D eigenvalue weighted by atomic mass is 32.3. The second-order valence-electron chi connectivity index (χ2n) is 8.96. The molecule has 0 aromatic heterocycles. The maximum absolute atomic E-state index is 13.0. The molecule has 14 nitrogen and oxygen atoms in total. The lowest BCUT2D eigenvalue weighted by atomic mass is 10.1. The Balaban J connectivity index is 2.15. The third kappa shape index (κ3) is 7.50. The largest absolute Gasteiger partial charge is 0.481 e. The van der Waals surface area contributed by atoms with E-state index in [-0.39, 0.29) is 33.5 Å². The van der Waals surface area contributed by atoms with Gasteiger partial charge in [0.2, 0.25) is 31.9 Å². The minimum absolute atomic E-state index is 0.0334. The molecule has 1 saturated heterocycles. The number of anilines is 1. The van der Waals surface area contributed by atoms with E-state index in [1.807, 2.05) is 0 Å². The average molecular weight is 575 g/mol. The van der Waals surface area contributed by atoms with Crippen molar-refractivity contribution in [3.05, 3.63) is 29.3 Å². The quantitative estimate of drug-likeness (QED) is 0.275. The Hall–Kier alpha value is -3.53. The topological polar surface area (TPSA) is 204 Å². The van der Waals surface area contributed by atoms with Gasteiger partial charge in [0, 0.05) is 12.1 Å². The number of hydrogen-bond donors (Lipinski definition) is 3. The summed E-state index contributed by atoms with van der Waals surface area (Å²) in [7, 11) is -8.37. The molecule has 16 heteroatoms. The molecule has 0 spiro atoms. The van der Waals surface area contributed by atoms with Crippen LogP contribution in [0.3, 0.4) is 0 Å². The van der Waals surface area contributed by atoms with E-state index < -0.39 is 68.3 Å². The van der Waals surface area contributed by atoms with Crippen LogP contribution in [0.4, 0.5) is 5.69 Å². The van der Waals surface area contributed by atoms with Crippen molar-refractivity contribution in [1.29, 1.82) is 0 Å². The zero-order valence-corrected chi connectivity index (χ0v) is 22.8. The number of benzene rings is 1. The zero-order chi connectivity index (χ0) is 29.0. The minimum atomic E-state index is -4.19. The van der Waals surface area contributed by atoms with E-state index in [1.54, 1.807) is 0 Å². The second-order valence-corrected chi connectivity index (χ2v) is 12.9. The summed E-state index contributed by atoms with van der Waals surface area (Å²) in [4.78, 5) is 61.6. The summed E-state index contributed by atoms with van der Waals surface area (Å²) in [6, 6.07) is 0.381. The molecule has 1 aromatic rings. The van der Waals surface area contributed by atoms with E-state index >= 15 is 0 Å². The van der Waals surface area contributed by atoms with Gasteiger partial charge >= 0.3 is 5.97 Å². The normalized spacial score (nSPS) is 17.3. The lowest BCUT2D eigenvalue weighted by Gasteiger charge is -2.28. The molecule has 3 N–H and O–H groups in total. The van der Waals surface area contributed by atoms with E-state index in [2.05, 4.69) is 10.6 Å². The summed E-state index contributed by atoms with van der Waals surface area (Å²) in [6.45, 7) is 3.04. The maximum Gasteiger partial charge on any atom is 0.305 e. The molecule has 0 aliphatic carbocycles. The van der Waals surface area contributed by atoms with Crippen molar-refractivity contribution in [3.63, 3.8) is 0 Å². The first-order valence-corrected chi connectivity index (χ1v) is 15.1. The molecule has 1 fully saturated rings. The van der Waals surface area contributed by atoms with Crippen LogP contribution in [-0.4, -0.2) is 94.0 Å². The fourth-order valence-electron chi connectivity index (χ4n) is 4.10. The molecule has 0 bridgehead atoms. The summed E-state index contributed by atoms with van der Waals surface area (Å²) in [5.41, 5.74) is 0.0547. The number of aliphatic carboxylic acids is 1. The van der Waals surface area contributed by atoms with Crippen LogP contribution in [0.15, 0.2) is 18.2 Å². The number of nitrogens with one attached hydrogen (secondary N) is 2. The molecule has 1 aliphatic rings. The number of aryl methyl sites for hydroxylation is 1. The van der Waals surface area contributed by atoms with Gasteiger partial charge in [0.05, 0.1) is 30.7 Å². The van der Waals surface area contributed by atoms with Crippen molar-refractivity contribution in [2.24, 2.45) is 0 Å². The van der Waals surface area contributed by atoms with Gasteiger partial charge in [-0.25, -0.2) is 16.8 Å². The molecule has 3 atom stereocenters. The van der Waals surface area contributed by atoms with Gasteiger partial charge in [-0.1, -0.05) is 0 Å². The number of likely N-dealkylation sites (tertiary alicyclic amines) is 1. The number of amides is 3. The van der Waals surface area contributed by atoms with Gasteiger partial charge in [0.1, 0.15) is 18.4 Å². The Labute approximate surface area is 220 Å². The van der Waals surface area contributed by atoms with E-state index in [1.165, 1.54) is 36.9 Å². The first-order valence-electron chi connectivity index (χ1n) is 11.4. The lowest BCUT2D eigenvalue weighted by molar-refractivity contribution is -0.141. The Bertz CT molecular complexity index is 1310. The third-order valence-electron chi connectivity index (χ3n) is 5.70. The minimum Gasteiger partial charge on any atom is -0.481 e. The Kier molecular flexibility index (Phi) is 9.61. The number of sulfonamides is 2. The number of carboxylic acid groups (broad SMARTS) is 1. The van der Waals surface area contributed by atoms with Crippen LogP contribution in [0.2, 0.25) is 0 Å². The monoisotopic (exact) mass is 574 g/mol. The first kappa shape index (κ1) is 30.7. The average Bonchev–Trinajstić information content (AvgIpc) is 3.27. The predicted molar refractivity (Wildman–Crippen MR) is 135 cm³/mol. The molecule has 0 radical (unpaired) electrons. The Morgan fingerprint density at radius 2 is 1.74 bits per heavy atom. The summed E-state index contributed by atoms with van der Waals surface area (Å²) >= 11 is 0. The van der Waals surface area contributed by atoms with Crippen LogP contribution < -0.4 is 14.3 Å². The van der Waals surface area contributed by atoms with Crippen LogP contribution in [0.25, 0.3) is 0 Å².